The highest BCUT2D eigenvalue weighted by atomic mass is 16.4. The average Bonchev–Trinajstić information content (AvgIpc) is 2.64. The highest BCUT2D eigenvalue weighted by Gasteiger charge is 2.34. The highest BCUT2D eigenvalue weighted by molar-refractivity contribution is 6.03. The topological polar surface area (TPSA) is 167 Å². The molecule has 0 fully saturated rings. The second-order valence-electron chi connectivity index (χ2n) is 5.71. The second-order valence-corrected chi connectivity index (χ2v) is 5.71. The van der Waals surface area contributed by atoms with Crippen LogP contribution < -0.4 is 10.6 Å². The van der Waals surface area contributed by atoms with Gasteiger partial charge in [0.15, 0.2) is 11.6 Å². The van der Waals surface area contributed by atoms with E-state index in [1.165, 1.54) is 6.92 Å². The molecule has 0 saturated heterocycles. The molecule has 4 N–H and O–H groups in total. The number of nitrogens with one attached hydrogen (secondary N) is 2. The molecule has 2 atom stereocenters. The summed E-state index contributed by atoms with van der Waals surface area (Å²) in [7, 11) is 0. The number of hydrogen-bond acceptors (Lipinski definition) is 6. The van der Waals surface area contributed by atoms with Gasteiger partial charge in [0.2, 0.25) is 11.8 Å². The van der Waals surface area contributed by atoms with Gasteiger partial charge in [-0.15, -0.1) is 0 Å². The maximum absolute atomic E-state index is 12.5. The number of aliphatic carboxylic acids is 2. The van der Waals surface area contributed by atoms with Crippen molar-refractivity contribution in [1.29, 1.82) is 0 Å². The van der Waals surface area contributed by atoms with Crippen molar-refractivity contribution < 1.29 is 39.0 Å². The van der Waals surface area contributed by atoms with Gasteiger partial charge in [0.05, 0.1) is 0 Å². The van der Waals surface area contributed by atoms with E-state index in [2.05, 4.69) is 10.6 Å². The molecule has 0 aromatic carbocycles. The van der Waals surface area contributed by atoms with Crippen LogP contribution in [0.5, 0.6) is 0 Å². The van der Waals surface area contributed by atoms with E-state index < -0.39 is 47.4 Å². The number of carboxylic acids is 2. The number of hydrogen-bond donors (Lipinski definition) is 4. The van der Waals surface area contributed by atoms with E-state index in [9.17, 15) is 28.8 Å². The fourth-order valence-electron chi connectivity index (χ4n) is 2.12. The zero-order chi connectivity index (χ0) is 21.7. The Morgan fingerprint density at radius 3 is 1.54 bits per heavy atom. The Morgan fingerprint density at radius 2 is 1.18 bits per heavy atom. The lowest BCUT2D eigenvalue weighted by atomic mass is 9.95. The summed E-state index contributed by atoms with van der Waals surface area (Å²) in [5.74, 6) is -5.70. The van der Waals surface area contributed by atoms with Gasteiger partial charge in [0, 0.05) is 37.1 Å². The van der Waals surface area contributed by atoms with Gasteiger partial charge in [-0.25, -0.2) is 9.59 Å². The average molecular weight is 396 g/mol. The molecule has 0 spiro atoms. The predicted octanol–water partition coefficient (Wildman–Crippen LogP) is -0.0240. The van der Waals surface area contributed by atoms with Gasteiger partial charge in [-0.1, -0.05) is 20.3 Å². The molecule has 0 rings (SSSR count). The molecule has 28 heavy (non-hydrogen) atoms. The molecule has 10 nitrogen and oxygen atoms in total. The van der Waals surface area contributed by atoms with Crippen molar-refractivity contribution in [3.8, 4) is 0 Å². The molecule has 154 valence electrons. The number of unbranched alkanes of at least 4 members (excludes halogenated alkanes) is 1. The molecule has 0 aliphatic rings. The van der Waals surface area contributed by atoms with Crippen LogP contribution in [-0.2, 0) is 28.8 Å². The van der Waals surface area contributed by atoms with Crippen LogP contribution in [-0.4, -0.2) is 57.6 Å². The van der Waals surface area contributed by atoms with Gasteiger partial charge >= 0.3 is 11.9 Å². The molecule has 2 unspecified atom stereocenters. The van der Waals surface area contributed by atoms with Crippen LogP contribution in [0.3, 0.4) is 0 Å². The van der Waals surface area contributed by atoms with Crippen molar-refractivity contribution in [2.75, 3.05) is 0 Å². The van der Waals surface area contributed by atoms with Crippen molar-refractivity contribution in [2.45, 2.75) is 51.6 Å². The van der Waals surface area contributed by atoms with Gasteiger partial charge in [-0.05, 0) is 6.42 Å². The predicted molar refractivity (Wildman–Crippen MR) is 97.2 cm³/mol. The molecule has 0 bridgehead atoms. The molecule has 2 amide bonds. The Labute approximate surface area is 161 Å². The first kappa shape index (κ1) is 24.7. The molecular weight excluding hydrogens is 372 g/mol. The van der Waals surface area contributed by atoms with E-state index in [-0.39, 0.29) is 12.8 Å². The minimum atomic E-state index is -1.43. The van der Waals surface area contributed by atoms with Crippen molar-refractivity contribution in [3.63, 3.8) is 0 Å². The van der Waals surface area contributed by atoms with Gasteiger partial charge in [0.25, 0.3) is 0 Å². The number of rotatable bonds is 13. The van der Waals surface area contributed by atoms with Gasteiger partial charge in [-0.2, -0.15) is 0 Å². The number of amides is 2. The molecule has 10 heteroatoms. The molecule has 0 heterocycles. The van der Waals surface area contributed by atoms with Gasteiger partial charge in [-0.3, -0.25) is 19.2 Å². The van der Waals surface area contributed by atoms with Crippen LogP contribution in [0.4, 0.5) is 0 Å². The summed E-state index contributed by atoms with van der Waals surface area (Å²) in [4.78, 5) is 69.6. The first-order valence-electron chi connectivity index (χ1n) is 8.60. The normalized spacial score (nSPS) is 13.1. The fourth-order valence-corrected chi connectivity index (χ4v) is 2.12. The summed E-state index contributed by atoms with van der Waals surface area (Å²) in [5, 5.41) is 21.6. The van der Waals surface area contributed by atoms with Crippen molar-refractivity contribution in [2.24, 2.45) is 0 Å². The second kappa shape index (κ2) is 13.0. The lowest BCUT2D eigenvalue weighted by Gasteiger charge is -2.26. The highest BCUT2D eigenvalue weighted by Crippen LogP contribution is 2.07. The standard InChI is InChI=1S/C18H24N2O8/c1-3-5-6-12(22)18(20-14(24)8-10-16(27)28)17(11(21)4-2)19-13(23)7-9-15(25)26/h7-10,17-18H,3-6H2,1-2H3,(H,19,23)(H,20,24)(H,25,26)(H,27,28)/b9-7-,10-8-. The third-order valence-corrected chi connectivity index (χ3v) is 3.50. The summed E-state index contributed by atoms with van der Waals surface area (Å²) >= 11 is 0. The first-order valence-corrected chi connectivity index (χ1v) is 8.60. The zero-order valence-electron chi connectivity index (χ0n) is 15.6. The molecule has 0 saturated carbocycles. The first-order chi connectivity index (χ1) is 13.1. The minimum absolute atomic E-state index is 0.0262. The Morgan fingerprint density at radius 1 is 0.750 bits per heavy atom. The van der Waals surface area contributed by atoms with Crippen molar-refractivity contribution in [1.82, 2.24) is 10.6 Å². The van der Waals surface area contributed by atoms with Crippen LogP contribution in [0.25, 0.3) is 0 Å². The monoisotopic (exact) mass is 396 g/mol. The van der Waals surface area contributed by atoms with Crippen LogP contribution in [0, 0.1) is 0 Å². The molecule has 0 aromatic heterocycles. The van der Waals surface area contributed by atoms with E-state index in [1.54, 1.807) is 0 Å². The number of Topliss-reactive ketones (excluding diaryl/α,β-unsaturated/α-hetero) is 2. The van der Waals surface area contributed by atoms with E-state index in [0.29, 0.717) is 37.1 Å². The molecule has 0 aliphatic heterocycles. The Kier molecular flexibility index (Phi) is 11.4. The van der Waals surface area contributed by atoms with E-state index in [4.69, 9.17) is 10.2 Å². The lowest BCUT2D eigenvalue weighted by Crippen LogP contribution is -2.58. The van der Waals surface area contributed by atoms with Crippen molar-refractivity contribution in [3.05, 3.63) is 24.3 Å². The SMILES string of the molecule is CCCCC(=O)C(NC(=O)/C=C\C(=O)O)C(NC(=O)/C=C\C(=O)O)C(=O)CC. The quantitative estimate of drug-likeness (QED) is 0.315. The number of carboxylic acid groups (broad SMARTS) is 2. The zero-order valence-corrected chi connectivity index (χ0v) is 15.6. The Balaban J connectivity index is 5.67. The summed E-state index contributed by atoms with van der Waals surface area (Å²) in [6, 6.07) is -2.85. The van der Waals surface area contributed by atoms with Crippen LogP contribution >= 0.6 is 0 Å². The van der Waals surface area contributed by atoms with Gasteiger partial charge < -0.3 is 20.8 Å². The number of carbonyl (C=O) groups is 6. The number of ketones is 2. The summed E-state index contributed by atoms with van der Waals surface area (Å²) in [5.41, 5.74) is 0. The maximum Gasteiger partial charge on any atom is 0.328 e. The third kappa shape index (κ3) is 10.00. The van der Waals surface area contributed by atoms with Crippen LogP contribution in [0.15, 0.2) is 24.3 Å². The maximum atomic E-state index is 12.5. The summed E-state index contributed by atoms with van der Waals surface area (Å²) < 4.78 is 0. The van der Waals surface area contributed by atoms with E-state index >= 15 is 0 Å². The van der Waals surface area contributed by atoms with Gasteiger partial charge in [0.1, 0.15) is 12.1 Å². The van der Waals surface area contributed by atoms with Crippen LogP contribution in [0.2, 0.25) is 0 Å². The Hall–Kier alpha value is -3.30. The molecule has 0 aliphatic carbocycles. The van der Waals surface area contributed by atoms with Crippen LogP contribution in [0.1, 0.15) is 39.5 Å². The fraction of sp³-hybridized carbons (Fsp3) is 0.444. The van der Waals surface area contributed by atoms with E-state index in [0.717, 1.165) is 0 Å². The number of carbonyl (C=O) groups excluding carboxylic acids is 4. The minimum Gasteiger partial charge on any atom is -0.478 e. The molecule has 0 aromatic rings. The third-order valence-electron chi connectivity index (χ3n) is 3.50. The lowest BCUT2D eigenvalue weighted by molar-refractivity contribution is -0.133. The molecular formula is C18H24N2O8. The smallest absolute Gasteiger partial charge is 0.328 e. The summed E-state index contributed by atoms with van der Waals surface area (Å²) in [6.07, 6.45) is 3.60. The summed E-state index contributed by atoms with van der Waals surface area (Å²) in [6.45, 7) is 3.33. The van der Waals surface area contributed by atoms with E-state index in [1.807, 2.05) is 6.92 Å². The molecule has 0 radical (unpaired) electrons. The largest absolute Gasteiger partial charge is 0.478 e. The Bertz CT molecular complexity index is 681. The van der Waals surface area contributed by atoms with Crippen molar-refractivity contribution >= 4 is 35.3 Å².